The van der Waals surface area contributed by atoms with Crippen LogP contribution in [0.2, 0.25) is 5.32 Å². The molecule has 0 saturated carbocycles. The SMILES string of the molecule is CCCC[Se]Cc1cn(C2C3=C(OC2(C)C)c2ccccc2C(=O)C3=O)nn1. The minimum atomic E-state index is -0.712. The van der Waals surface area contributed by atoms with Crippen LogP contribution in [0.3, 0.4) is 0 Å². The van der Waals surface area contributed by atoms with Crippen LogP contribution in [0.25, 0.3) is 5.76 Å². The van der Waals surface area contributed by atoms with Crippen LogP contribution >= 0.6 is 0 Å². The fourth-order valence-electron chi connectivity index (χ4n) is 3.78. The van der Waals surface area contributed by atoms with E-state index in [1.54, 1.807) is 16.8 Å². The van der Waals surface area contributed by atoms with Crippen molar-refractivity contribution >= 4 is 32.3 Å². The number of hydrogen-bond donors (Lipinski definition) is 0. The number of hydrogen-bond acceptors (Lipinski definition) is 5. The Balaban J connectivity index is 1.70. The summed E-state index contributed by atoms with van der Waals surface area (Å²) < 4.78 is 7.91. The van der Waals surface area contributed by atoms with E-state index in [-0.39, 0.29) is 0 Å². The number of carbonyl (C=O) groups is 2. The molecule has 0 amide bonds. The van der Waals surface area contributed by atoms with Crippen molar-refractivity contribution in [2.75, 3.05) is 0 Å². The third-order valence-electron chi connectivity index (χ3n) is 5.12. The van der Waals surface area contributed by atoms with Crippen LogP contribution in [-0.4, -0.2) is 47.1 Å². The first-order valence-electron chi connectivity index (χ1n) is 9.54. The molecule has 28 heavy (non-hydrogen) atoms. The molecule has 2 heterocycles. The molecule has 0 spiro atoms. The molecule has 7 heteroatoms. The molecule has 4 rings (SSSR count). The molecule has 2 aromatic rings. The molecule has 2 aliphatic rings. The number of carbonyl (C=O) groups excluding carboxylic acids is 2. The fourth-order valence-corrected chi connectivity index (χ4v) is 5.83. The van der Waals surface area contributed by atoms with Gasteiger partial charge < -0.3 is 0 Å². The zero-order valence-electron chi connectivity index (χ0n) is 16.3. The van der Waals surface area contributed by atoms with E-state index in [9.17, 15) is 9.59 Å². The van der Waals surface area contributed by atoms with Gasteiger partial charge in [0.25, 0.3) is 0 Å². The first kappa shape index (κ1) is 19.1. The Hall–Kier alpha value is -2.24. The maximum atomic E-state index is 12.9. The number of ether oxygens (including phenoxy) is 1. The zero-order valence-corrected chi connectivity index (χ0v) is 18.0. The first-order chi connectivity index (χ1) is 13.4. The van der Waals surface area contributed by atoms with E-state index in [1.807, 2.05) is 32.2 Å². The van der Waals surface area contributed by atoms with E-state index in [1.165, 1.54) is 18.2 Å². The normalized spacial score (nSPS) is 20.2. The number of aromatic nitrogens is 3. The molecule has 0 saturated heterocycles. The van der Waals surface area contributed by atoms with Crippen molar-refractivity contribution in [3.05, 3.63) is 52.9 Å². The van der Waals surface area contributed by atoms with Crippen LogP contribution in [0.5, 0.6) is 0 Å². The van der Waals surface area contributed by atoms with Crippen molar-refractivity contribution in [1.29, 1.82) is 0 Å². The summed E-state index contributed by atoms with van der Waals surface area (Å²) >= 11 is 0.499. The predicted molar refractivity (Wildman–Crippen MR) is 106 cm³/mol. The molecule has 146 valence electrons. The Morgan fingerprint density at radius 2 is 1.93 bits per heavy atom. The minimum absolute atomic E-state index is 0.390. The van der Waals surface area contributed by atoms with Gasteiger partial charge in [-0.05, 0) is 0 Å². The van der Waals surface area contributed by atoms with Gasteiger partial charge in [-0.3, -0.25) is 0 Å². The van der Waals surface area contributed by atoms with E-state index in [4.69, 9.17) is 4.74 Å². The van der Waals surface area contributed by atoms with Crippen molar-refractivity contribution in [1.82, 2.24) is 15.0 Å². The molecule has 1 unspecified atom stereocenters. The van der Waals surface area contributed by atoms with Crippen LogP contribution in [-0.2, 0) is 14.9 Å². The van der Waals surface area contributed by atoms with Crippen LogP contribution < -0.4 is 0 Å². The summed E-state index contributed by atoms with van der Waals surface area (Å²) in [4.78, 5) is 25.6. The van der Waals surface area contributed by atoms with Gasteiger partial charge in [0.15, 0.2) is 0 Å². The standard InChI is InChI=1S/C21H23N3O3Se/c1-4-5-10-28-12-13-11-24(23-22-13)20-16-18(26)17(25)14-8-6-7-9-15(14)19(16)27-21(20,2)3/h6-9,11,20H,4-5,10,12H2,1-3H3. The average molecular weight is 444 g/mol. The average Bonchev–Trinajstić information content (AvgIpc) is 3.24. The van der Waals surface area contributed by atoms with Gasteiger partial charge in [0.2, 0.25) is 0 Å². The first-order valence-corrected chi connectivity index (χ1v) is 12.0. The molecule has 1 aromatic heterocycles. The van der Waals surface area contributed by atoms with Gasteiger partial charge in [-0.15, -0.1) is 0 Å². The van der Waals surface area contributed by atoms with Crippen LogP contribution in [0.1, 0.15) is 61.3 Å². The molecular weight excluding hydrogens is 421 g/mol. The summed E-state index contributed by atoms with van der Waals surface area (Å²) in [6.07, 6.45) is 4.35. The second-order valence-electron chi connectivity index (χ2n) is 7.65. The number of fused-ring (bicyclic) bond motifs is 2. The Kier molecular flexibility index (Phi) is 4.98. The van der Waals surface area contributed by atoms with E-state index in [2.05, 4.69) is 17.2 Å². The van der Waals surface area contributed by atoms with Crippen LogP contribution in [0.4, 0.5) is 0 Å². The maximum absolute atomic E-state index is 12.9. The second-order valence-corrected chi connectivity index (χ2v) is 9.97. The molecule has 0 bridgehead atoms. The van der Waals surface area contributed by atoms with E-state index >= 15 is 0 Å². The summed E-state index contributed by atoms with van der Waals surface area (Å²) in [5.41, 5.74) is 1.69. The second kappa shape index (κ2) is 7.30. The van der Waals surface area contributed by atoms with Gasteiger partial charge in [0, 0.05) is 0 Å². The van der Waals surface area contributed by atoms with Crippen molar-refractivity contribution in [2.24, 2.45) is 0 Å². The summed E-state index contributed by atoms with van der Waals surface area (Å²) in [5, 5.41) is 10.8. The van der Waals surface area contributed by atoms with E-state index in [0.717, 1.165) is 11.0 Å². The van der Waals surface area contributed by atoms with Gasteiger partial charge in [0.05, 0.1) is 0 Å². The summed E-state index contributed by atoms with van der Waals surface area (Å²) in [5.74, 6) is -0.489. The van der Waals surface area contributed by atoms with Gasteiger partial charge >= 0.3 is 170 Å². The Labute approximate surface area is 170 Å². The Morgan fingerprint density at radius 3 is 2.68 bits per heavy atom. The van der Waals surface area contributed by atoms with E-state index in [0.29, 0.717) is 37.4 Å². The number of ketones is 2. The van der Waals surface area contributed by atoms with Gasteiger partial charge in [-0.2, -0.15) is 0 Å². The molecule has 1 atom stereocenters. The van der Waals surface area contributed by atoms with Gasteiger partial charge in [-0.25, -0.2) is 0 Å². The third-order valence-corrected chi connectivity index (χ3v) is 7.38. The van der Waals surface area contributed by atoms with Crippen LogP contribution in [0, 0.1) is 0 Å². The number of unbranched alkanes of at least 4 members (excludes halogenated alkanes) is 1. The molecule has 6 nitrogen and oxygen atoms in total. The van der Waals surface area contributed by atoms with Crippen molar-refractivity contribution in [3.63, 3.8) is 0 Å². The zero-order chi connectivity index (χ0) is 19.9. The predicted octanol–water partition coefficient (Wildman–Crippen LogP) is 3.23. The van der Waals surface area contributed by atoms with Crippen molar-refractivity contribution in [3.8, 4) is 0 Å². The van der Waals surface area contributed by atoms with Crippen molar-refractivity contribution < 1.29 is 14.3 Å². The topological polar surface area (TPSA) is 74.1 Å². The quantitative estimate of drug-likeness (QED) is 0.389. The summed E-state index contributed by atoms with van der Waals surface area (Å²) in [7, 11) is 0. The fraction of sp³-hybridized carbons (Fsp3) is 0.429. The van der Waals surface area contributed by atoms with Crippen molar-refractivity contribution in [2.45, 2.75) is 55.9 Å². The molecule has 1 aliphatic heterocycles. The monoisotopic (exact) mass is 445 g/mol. The van der Waals surface area contributed by atoms with Gasteiger partial charge in [-0.1, -0.05) is 0 Å². The molecule has 0 fully saturated rings. The molecule has 0 N–H and O–H groups in total. The molecular formula is C21H23N3O3Se. The number of rotatable bonds is 6. The number of benzene rings is 1. The Bertz CT molecular complexity index is 977. The molecule has 0 radical (unpaired) electrons. The third kappa shape index (κ3) is 3.12. The molecule has 1 aliphatic carbocycles. The van der Waals surface area contributed by atoms with Crippen LogP contribution in [0.15, 0.2) is 36.0 Å². The van der Waals surface area contributed by atoms with E-state index < -0.39 is 23.2 Å². The Morgan fingerprint density at radius 1 is 1.18 bits per heavy atom. The summed E-state index contributed by atoms with van der Waals surface area (Å²) in [6.45, 7) is 6.03. The molecule has 1 aromatic carbocycles. The number of nitrogens with zero attached hydrogens (tertiary/aromatic N) is 3. The number of Topliss-reactive ketones (excluding diaryl/α,β-unsaturated/α-hetero) is 2. The van der Waals surface area contributed by atoms with Gasteiger partial charge in [0.1, 0.15) is 0 Å². The summed E-state index contributed by atoms with van der Waals surface area (Å²) in [6, 6.07) is 6.64.